The van der Waals surface area contributed by atoms with Crippen LogP contribution < -0.4 is 14.8 Å². The van der Waals surface area contributed by atoms with Gasteiger partial charge in [0.05, 0.1) is 25.7 Å². The molecule has 1 atom stereocenters. The molecule has 3 rings (SSSR count). The average Bonchev–Trinajstić information content (AvgIpc) is 3.14. The van der Waals surface area contributed by atoms with Gasteiger partial charge in [0.15, 0.2) is 0 Å². The van der Waals surface area contributed by atoms with Crippen molar-refractivity contribution in [2.45, 2.75) is 26.0 Å². The molecule has 2 aromatic carbocycles. The number of nitrogens with zero attached hydrogens (tertiary/aromatic N) is 1. The molecule has 0 radical (unpaired) electrons. The highest BCUT2D eigenvalue weighted by molar-refractivity contribution is 7.84. The molecule has 3 aromatic rings. The molecule has 8 heteroatoms. The zero-order valence-electron chi connectivity index (χ0n) is 18.8. The minimum Gasteiger partial charge on any atom is -0.497 e. The normalized spacial score (nSPS) is 11.8. The van der Waals surface area contributed by atoms with Crippen molar-refractivity contribution >= 4 is 16.7 Å². The summed E-state index contributed by atoms with van der Waals surface area (Å²) < 4.78 is 28.8. The third kappa shape index (κ3) is 6.20. The van der Waals surface area contributed by atoms with E-state index in [-0.39, 0.29) is 17.4 Å². The number of hydrogen-bond donors (Lipinski definition) is 1. The number of benzene rings is 2. The molecule has 1 N–H and O–H groups in total. The van der Waals surface area contributed by atoms with E-state index in [1.54, 1.807) is 27.2 Å². The van der Waals surface area contributed by atoms with Crippen molar-refractivity contribution < 1.29 is 22.9 Å². The van der Waals surface area contributed by atoms with Gasteiger partial charge in [-0.2, -0.15) is 0 Å². The Hall–Kier alpha value is -3.13. The van der Waals surface area contributed by atoms with Gasteiger partial charge in [0.2, 0.25) is 11.8 Å². The molecule has 0 aliphatic rings. The van der Waals surface area contributed by atoms with Crippen LogP contribution >= 0.6 is 0 Å². The molecule has 0 aliphatic heterocycles. The predicted molar refractivity (Wildman–Crippen MR) is 124 cm³/mol. The lowest BCUT2D eigenvalue weighted by atomic mass is 10.1. The van der Waals surface area contributed by atoms with E-state index in [0.717, 1.165) is 16.7 Å². The highest BCUT2D eigenvalue weighted by atomic mass is 32.2. The van der Waals surface area contributed by atoms with E-state index >= 15 is 0 Å². The van der Waals surface area contributed by atoms with Gasteiger partial charge in [-0.1, -0.05) is 23.8 Å². The Morgan fingerprint density at radius 2 is 1.84 bits per heavy atom. The van der Waals surface area contributed by atoms with Crippen LogP contribution in [0.25, 0.3) is 11.5 Å². The molecule has 0 bridgehead atoms. The Kier molecular flexibility index (Phi) is 8.05. The molecule has 0 unspecified atom stereocenters. The van der Waals surface area contributed by atoms with Gasteiger partial charge in [0.25, 0.3) is 0 Å². The van der Waals surface area contributed by atoms with Gasteiger partial charge in [-0.3, -0.25) is 9.00 Å². The minimum atomic E-state index is -1.39. The quantitative estimate of drug-likeness (QED) is 0.501. The topological polar surface area (TPSA) is 90.7 Å². The zero-order valence-corrected chi connectivity index (χ0v) is 19.6. The molecule has 0 saturated carbocycles. The highest BCUT2D eigenvalue weighted by Gasteiger charge is 2.16. The predicted octanol–water partition coefficient (Wildman–Crippen LogP) is 3.58. The third-order valence-electron chi connectivity index (χ3n) is 4.99. The number of hydrogen-bond acceptors (Lipinski definition) is 6. The summed E-state index contributed by atoms with van der Waals surface area (Å²) in [6, 6.07) is 13.4. The fraction of sp³-hybridized carbons (Fsp3) is 0.333. The van der Waals surface area contributed by atoms with Crippen LogP contribution in [0.3, 0.4) is 0 Å². The van der Waals surface area contributed by atoms with Crippen molar-refractivity contribution in [1.29, 1.82) is 0 Å². The van der Waals surface area contributed by atoms with Gasteiger partial charge >= 0.3 is 0 Å². The zero-order chi connectivity index (χ0) is 23.1. The lowest BCUT2D eigenvalue weighted by Crippen LogP contribution is -2.30. The fourth-order valence-electron chi connectivity index (χ4n) is 3.18. The van der Waals surface area contributed by atoms with Gasteiger partial charge in [0.1, 0.15) is 23.0 Å². The van der Waals surface area contributed by atoms with Crippen LogP contribution in [-0.4, -0.2) is 41.6 Å². The van der Waals surface area contributed by atoms with E-state index in [4.69, 9.17) is 13.9 Å². The number of amides is 1. The molecule has 32 heavy (non-hydrogen) atoms. The second-order valence-corrected chi connectivity index (χ2v) is 8.85. The lowest BCUT2D eigenvalue weighted by molar-refractivity contribution is -0.118. The van der Waals surface area contributed by atoms with E-state index in [0.29, 0.717) is 41.8 Å². The summed E-state index contributed by atoms with van der Waals surface area (Å²) in [4.78, 5) is 16.7. The molecule has 7 nitrogen and oxygen atoms in total. The monoisotopic (exact) mass is 456 g/mol. The van der Waals surface area contributed by atoms with E-state index in [2.05, 4.69) is 10.3 Å². The summed E-state index contributed by atoms with van der Waals surface area (Å²) in [5.74, 6) is 2.32. The molecular weight excluding hydrogens is 428 g/mol. The van der Waals surface area contributed by atoms with E-state index in [1.165, 1.54) is 0 Å². The first-order valence-electron chi connectivity index (χ1n) is 10.3. The van der Waals surface area contributed by atoms with Gasteiger partial charge in [-0.05, 0) is 44.0 Å². The Balaban J connectivity index is 1.50. The number of ether oxygens (including phenoxy) is 2. The summed E-state index contributed by atoms with van der Waals surface area (Å²) in [7, 11) is 1.80. The molecule has 1 heterocycles. The fourth-order valence-corrected chi connectivity index (χ4v) is 4.25. The van der Waals surface area contributed by atoms with Crippen LogP contribution in [-0.2, 0) is 27.8 Å². The van der Waals surface area contributed by atoms with E-state index in [9.17, 15) is 9.00 Å². The van der Waals surface area contributed by atoms with Crippen LogP contribution in [0.15, 0.2) is 46.9 Å². The number of oxazole rings is 1. The maximum absolute atomic E-state index is 12.5. The molecule has 0 aliphatic carbocycles. The second kappa shape index (κ2) is 10.9. The van der Waals surface area contributed by atoms with E-state index in [1.807, 2.05) is 43.3 Å². The summed E-state index contributed by atoms with van der Waals surface area (Å²) in [6.07, 6.45) is 0.591. The number of nitrogens with one attached hydrogen (secondary N) is 1. The molecule has 0 spiro atoms. The lowest BCUT2D eigenvalue weighted by Gasteiger charge is -2.11. The van der Waals surface area contributed by atoms with Gasteiger partial charge in [-0.15, -0.1) is 0 Å². The number of methoxy groups -OCH3 is 2. The van der Waals surface area contributed by atoms with Crippen molar-refractivity contribution in [2.24, 2.45) is 0 Å². The Morgan fingerprint density at radius 3 is 2.53 bits per heavy atom. The summed E-state index contributed by atoms with van der Waals surface area (Å²) in [6.45, 7) is 4.22. The minimum absolute atomic E-state index is 0.0914. The molecule has 1 amide bonds. The summed E-state index contributed by atoms with van der Waals surface area (Å²) >= 11 is 0. The second-order valence-electron chi connectivity index (χ2n) is 7.39. The van der Waals surface area contributed by atoms with Crippen LogP contribution in [0.5, 0.6) is 11.5 Å². The van der Waals surface area contributed by atoms with Crippen molar-refractivity contribution in [3.05, 3.63) is 65.0 Å². The van der Waals surface area contributed by atoms with Crippen LogP contribution in [0.4, 0.5) is 0 Å². The first kappa shape index (κ1) is 23.5. The number of carbonyl (C=O) groups is 1. The standard InChI is InChI=1S/C24H28N2O5S/c1-16-5-7-19(8-6-16)24-26-21(17(2)31-24)14-32(28)15-23(27)25-12-11-18-9-10-20(29-3)13-22(18)30-4/h5-10,13H,11-12,14-15H2,1-4H3,(H,25,27)/t32-/m1/s1. The van der Waals surface area contributed by atoms with Crippen LogP contribution in [0.2, 0.25) is 0 Å². The molecule has 170 valence electrons. The van der Waals surface area contributed by atoms with Crippen molar-refractivity contribution in [3.63, 3.8) is 0 Å². The smallest absolute Gasteiger partial charge is 0.232 e. The molecule has 0 saturated heterocycles. The van der Waals surface area contributed by atoms with Crippen molar-refractivity contribution in [3.8, 4) is 23.0 Å². The van der Waals surface area contributed by atoms with Crippen LogP contribution in [0.1, 0.15) is 22.6 Å². The largest absolute Gasteiger partial charge is 0.497 e. The van der Waals surface area contributed by atoms with E-state index < -0.39 is 10.8 Å². The third-order valence-corrected chi connectivity index (χ3v) is 6.17. The summed E-state index contributed by atoms with van der Waals surface area (Å²) in [5.41, 5.74) is 3.57. The summed E-state index contributed by atoms with van der Waals surface area (Å²) in [5, 5.41) is 2.82. The number of aryl methyl sites for hydroxylation is 2. The molecule has 0 fully saturated rings. The van der Waals surface area contributed by atoms with Gasteiger partial charge in [0, 0.05) is 29.0 Å². The number of aromatic nitrogens is 1. The Labute approximate surface area is 190 Å². The SMILES string of the molecule is COc1ccc(CCNC(=O)C[S@](=O)Cc2nc(-c3ccc(C)cc3)oc2C)c(OC)c1. The van der Waals surface area contributed by atoms with Gasteiger partial charge in [-0.25, -0.2) is 4.98 Å². The average molecular weight is 457 g/mol. The van der Waals surface area contributed by atoms with Crippen LogP contribution in [0, 0.1) is 13.8 Å². The Morgan fingerprint density at radius 1 is 1.09 bits per heavy atom. The van der Waals surface area contributed by atoms with Crippen molar-refractivity contribution in [2.75, 3.05) is 26.5 Å². The molecule has 1 aromatic heterocycles. The number of carbonyl (C=O) groups excluding carboxylic acids is 1. The first-order valence-corrected chi connectivity index (χ1v) is 11.7. The van der Waals surface area contributed by atoms with Crippen molar-refractivity contribution in [1.82, 2.24) is 10.3 Å². The maximum Gasteiger partial charge on any atom is 0.232 e. The number of rotatable bonds is 10. The first-order chi connectivity index (χ1) is 15.4. The Bertz CT molecular complexity index is 1090. The highest BCUT2D eigenvalue weighted by Crippen LogP contribution is 2.25. The maximum atomic E-state index is 12.5. The van der Waals surface area contributed by atoms with Gasteiger partial charge < -0.3 is 19.2 Å². The molecular formula is C24H28N2O5S.